The summed E-state index contributed by atoms with van der Waals surface area (Å²) in [5.41, 5.74) is 2.67. The van der Waals surface area contributed by atoms with Crippen LogP contribution in [0, 0.1) is 6.92 Å². The molecule has 5 nitrogen and oxygen atoms in total. The Hall–Kier alpha value is -1.95. The highest BCUT2D eigenvalue weighted by atomic mass is 32.1. The first kappa shape index (κ1) is 15.0. The number of carbonyl (C=O) groups is 1. The molecule has 1 aromatic carbocycles. The van der Waals surface area contributed by atoms with E-state index in [1.165, 1.54) is 18.0 Å². The van der Waals surface area contributed by atoms with Gasteiger partial charge in [-0.1, -0.05) is 10.6 Å². The quantitative estimate of drug-likeness (QED) is 0.942. The lowest BCUT2D eigenvalue weighted by atomic mass is 10.1. The first-order valence-electron chi connectivity index (χ1n) is 7.65. The van der Waals surface area contributed by atoms with Crippen LogP contribution < -0.4 is 5.32 Å². The predicted molar refractivity (Wildman–Crippen MR) is 88.2 cm³/mol. The average molecular weight is 316 g/mol. The Labute approximate surface area is 134 Å². The van der Waals surface area contributed by atoms with Crippen LogP contribution in [0.5, 0.6) is 0 Å². The Morgan fingerprint density at radius 2 is 2.14 bits per heavy atom. The van der Waals surface area contributed by atoms with E-state index in [4.69, 9.17) is 0 Å². The Morgan fingerprint density at radius 3 is 2.86 bits per heavy atom. The number of nitrogens with zero attached hydrogens (tertiary/aromatic N) is 3. The standard InChI is InChI=1S/C16H20N4OS/c1-12-15(22-19-18-12)11-17-14-7-5-6-13(10-14)16(21)20-8-3-2-4-9-20/h5-7,10,17H,2-4,8-9,11H2,1H3. The summed E-state index contributed by atoms with van der Waals surface area (Å²) < 4.78 is 3.93. The van der Waals surface area contributed by atoms with Gasteiger partial charge in [0, 0.05) is 24.3 Å². The fourth-order valence-electron chi connectivity index (χ4n) is 2.64. The second-order valence-corrected chi connectivity index (χ2v) is 6.41. The summed E-state index contributed by atoms with van der Waals surface area (Å²) >= 11 is 1.40. The molecular formula is C16H20N4OS. The molecule has 0 unspecified atom stereocenters. The van der Waals surface area contributed by atoms with E-state index >= 15 is 0 Å². The minimum Gasteiger partial charge on any atom is -0.380 e. The topological polar surface area (TPSA) is 58.1 Å². The number of hydrogen-bond acceptors (Lipinski definition) is 5. The van der Waals surface area contributed by atoms with Crippen molar-refractivity contribution in [2.24, 2.45) is 0 Å². The molecule has 116 valence electrons. The van der Waals surface area contributed by atoms with E-state index in [-0.39, 0.29) is 5.91 Å². The van der Waals surface area contributed by atoms with Crippen LogP contribution in [-0.2, 0) is 6.54 Å². The van der Waals surface area contributed by atoms with Crippen LogP contribution in [-0.4, -0.2) is 33.5 Å². The van der Waals surface area contributed by atoms with Gasteiger partial charge in [0.05, 0.1) is 17.1 Å². The smallest absolute Gasteiger partial charge is 0.253 e. The summed E-state index contributed by atoms with van der Waals surface area (Å²) in [4.78, 5) is 15.6. The van der Waals surface area contributed by atoms with Crippen molar-refractivity contribution >= 4 is 23.1 Å². The van der Waals surface area contributed by atoms with Gasteiger partial charge < -0.3 is 10.2 Å². The van der Waals surface area contributed by atoms with E-state index < -0.39 is 0 Å². The molecule has 2 heterocycles. The molecule has 0 aliphatic carbocycles. The Kier molecular flexibility index (Phi) is 4.68. The van der Waals surface area contributed by atoms with Gasteiger partial charge in [0.15, 0.2) is 0 Å². The summed E-state index contributed by atoms with van der Waals surface area (Å²) in [5, 5.41) is 7.35. The lowest BCUT2D eigenvalue weighted by Gasteiger charge is -2.26. The van der Waals surface area contributed by atoms with Crippen molar-refractivity contribution in [1.29, 1.82) is 0 Å². The van der Waals surface area contributed by atoms with Crippen molar-refractivity contribution in [3.8, 4) is 0 Å². The zero-order valence-electron chi connectivity index (χ0n) is 12.7. The zero-order chi connectivity index (χ0) is 15.4. The Balaban J connectivity index is 1.66. The van der Waals surface area contributed by atoms with E-state index in [1.54, 1.807) is 0 Å². The fourth-order valence-corrected chi connectivity index (χ4v) is 3.21. The number of aromatic nitrogens is 2. The lowest BCUT2D eigenvalue weighted by Crippen LogP contribution is -2.35. The molecule has 6 heteroatoms. The first-order valence-corrected chi connectivity index (χ1v) is 8.42. The molecule has 1 fully saturated rings. The van der Waals surface area contributed by atoms with Gasteiger partial charge in [0.1, 0.15) is 0 Å². The molecule has 1 saturated heterocycles. The van der Waals surface area contributed by atoms with Crippen molar-refractivity contribution in [2.75, 3.05) is 18.4 Å². The van der Waals surface area contributed by atoms with Gasteiger partial charge in [-0.15, -0.1) is 5.10 Å². The number of hydrogen-bond donors (Lipinski definition) is 1. The summed E-state index contributed by atoms with van der Waals surface area (Å²) in [6.07, 6.45) is 3.45. The van der Waals surface area contributed by atoms with Gasteiger partial charge in [0.2, 0.25) is 0 Å². The SMILES string of the molecule is Cc1nnsc1CNc1cccc(C(=O)N2CCCCC2)c1. The maximum Gasteiger partial charge on any atom is 0.253 e. The average Bonchev–Trinajstić information content (AvgIpc) is 2.98. The number of rotatable bonds is 4. The molecule has 1 amide bonds. The molecule has 1 aliphatic rings. The minimum atomic E-state index is 0.138. The fraction of sp³-hybridized carbons (Fsp3) is 0.438. The second kappa shape index (κ2) is 6.87. The summed E-state index contributed by atoms with van der Waals surface area (Å²) in [6.45, 7) is 4.39. The van der Waals surface area contributed by atoms with E-state index in [2.05, 4.69) is 14.9 Å². The molecule has 0 bridgehead atoms. The van der Waals surface area contributed by atoms with Crippen LogP contribution in [0.3, 0.4) is 0 Å². The summed E-state index contributed by atoms with van der Waals surface area (Å²) in [5.74, 6) is 0.138. The van der Waals surface area contributed by atoms with Crippen LogP contribution in [0.1, 0.15) is 40.2 Å². The number of piperidine rings is 1. The molecule has 0 saturated carbocycles. The van der Waals surface area contributed by atoms with Gasteiger partial charge in [-0.3, -0.25) is 4.79 Å². The molecule has 3 rings (SSSR count). The summed E-state index contributed by atoms with van der Waals surface area (Å²) in [7, 11) is 0. The molecular weight excluding hydrogens is 296 g/mol. The van der Waals surface area contributed by atoms with Gasteiger partial charge in [0.25, 0.3) is 5.91 Å². The molecule has 0 atom stereocenters. The van der Waals surface area contributed by atoms with Crippen LogP contribution >= 0.6 is 11.5 Å². The number of likely N-dealkylation sites (tertiary alicyclic amines) is 1. The molecule has 22 heavy (non-hydrogen) atoms. The maximum atomic E-state index is 12.5. The molecule has 1 aliphatic heterocycles. The van der Waals surface area contributed by atoms with E-state index in [1.807, 2.05) is 36.1 Å². The van der Waals surface area contributed by atoms with Crippen LogP contribution in [0.2, 0.25) is 0 Å². The molecule has 0 spiro atoms. The van der Waals surface area contributed by atoms with Crippen LogP contribution in [0.15, 0.2) is 24.3 Å². The monoisotopic (exact) mass is 316 g/mol. The number of amides is 1. The van der Waals surface area contributed by atoms with Crippen LogP contribution in [0.25, 0.3) is 0 Å². The number of anilines is 1. The lowest BCUT2D eigenvalue weighted by molar-refractivity contribution is 0.0724. The predicted octanol–water partition coefficient (Wildman–Crippen LogP) is 3.08. The van der Waals surface area contributed by atoms with E-state index in [0.29, 0.717) is 6.54 Å². The Bertz CT molecular complexity index is 649. The van der Waals surface area contributed by atoms with Gasteiger partial charge >= 0.3 is 0 Å². The van der Waals surface area contributed by atoms with Gasteiger partial charge in [-0.25, -0.2) is 0 Å². The second-order valence-electron chi connectivity index (χ2n) is 5.57. The highest BCUT2D eigenvalue weighted by Crippen LogP contribution is 2.18. The highest BCUT2D eigenvalue weighted by molar-refractivity contribution is 7.05. The normalized spacial score (nSPS) is 14.9. The van der Waals surface area contributed by atoms with E-state index in [0.717, 1.165) is 47.8 Å². The maximum absolute atomic E-state index is 12.5. The van der Waals surface area contributed by atoms with Crippen molar-refractivity contribution in [3.05, 3.63) is 40.4 Å². The largest absolute Gasteiger partial charge is 0.380 e. The molecule has 2 aromatic rings. The van der Waals surface area contributed by atoms with Crippen molar-refractivity contribution in [1.82, 2.24) is 14.5 Å². The molecule has 0 radical (unpaired) electrons. The van der Waals surface area contributed by atoms with E-state index in [9.17, 15) is 4.79 Å². The van der Waals surface area contributed by atoms with Gasteiger partial charge in [-0.2, -0.15) is 0 Å². The van der Waals surface area contributed by atoms with Crippen LogP contribution in [0.4, 0.5) is 5.69 Å². The highest BCUT2D eigenvalue weighted by Gasteiger charge is 2.18. The third kappa shape index (κ3) is 3.44. The number of benzene rings is 1. The first-order chi connectivity index (χ1) is 10.7. The summed E-state index contributed by atoms with van der Waals surface area (Å²) in [6, 6.07) is 7.73. The van der Waals surface area contributed by atoms with Crippen molar-refractivity contribution in [3.63, 3.8) is 0 Å². The third-order valence-electron chi connectivity index (χ3n) is 3.95. The molecule has 1 N–H and O–H groups in total. The minimum absolute atomic E-state index is 0.138. The molecule has 1 aromatic heterocycles. The zero-order valence-corrected chi connectivity index (χ0v) is 13.5. The Morgan fingerprint density at radius 1 is 1.32 bits per heavy atom. The van der Waals surface area contributed by atoms with Crippen molar-refractivity contribution in [2.45, 2.75) is 32.7 Å². The number of nitrogens with one attached hydrogen (secondary N) is 1. The van der Waals surface area contributed by atoms with Crippen molar-refractivity contribution < 1.29 is 4.79 Å². The van der Waals surface area contributed by atoms with Gasteiger partial charge in [-0.05, 0) is 55.9 Å². The number of aryl methyl sites for hydroxylation is 1. The number of carbonyl (C=O) groups excluding carboxylic acids is 1. The third-order valence-corrected chi connectivity index (χ3v) is 4.77.